The van der Waals surface area contributed by atoms with Crippen molar-refractivity contribution in [2.75, 3.05) is 32.7 Å². The van der Waals surface area contributed by atoms with Crippen LogP contribution in [0.4, 0.5) is 4.79 Å². The molecule has 0 unspecified atom stereocenters. The SMILES string of the molecule is CCCCCN1CCN(C(=O)NC(C)(C)C)CC1. The number of rotatable bonds is 4. The third-order valence-electron chi connectivity index (χ3n) is 3.22. The topological polar surface area (TPSA) is 35.6 Å². The number of carbonyl (C=O) groups excluding carboxylic acids is 1. The second-order valence-corrected chi connectivity index (χ2v) is 6.22. The van der Waals surface area contributed by atoms with Crippen LogP contribution in [0.25, 0.3) is 0 Å². The molecule has 4 heteroatoms. The highest BCUT2D eigenvalue weighted by Gasteiger charge is 2.23. The summed E-state index contributed by atoms with van der Waals surface area (Å²) in [4.78, 5) is 16.4. The lowest BCUT2D eigenvalue weighted by atomic mass is 10.1. The molecule has 0 radical (unpaired) electrons. The van der Waals surface area contributed by atoms with E-state index >= 15 is 0 Å². The maximum Gasteiger partial charge on any atom is 0.317 e. The fourth-order valence-corrected chi connectivity index (χ4v) is 2.16. The van der Waals surface area contributed by atoms with Crippen molar-refractivity contribution in [3.8, 4) is 0 Å². The molecule has 1 aliphatic rings. The third kappa shape index (κ3) is 5.71. The Hall–Kier alpha value is -0.770. The highest BCUT2D eigenvalue weighted by Crippen LogP contribution is 2.07. The van der Waals surface area contributed by atoms with Crippen LogP contribution in [-0.2, 0) is 0 Å². The quantitative estimate of drug-likeness (QED) is 0.782. The van der Waals surface area contributed by atoms with Gasteiger partial charge in [0.1, 0.15) is 0 Å². The van der Waals surface area contributed by atoms with Gasteiger partial charge in [-0.2, -0.15) is 0 Å². The number of hydrogen-bond acceptors (Lipinski definition) is 2. The zero-order valence-corrected chi connectivity index (χ0v) is 12.5. The highest BCUT2D eigenvalue weighted by molar-refractivity contribution is 5.75. The van der Waals surface area contributed by atoms with Crippen LogP contribution in [0, 0.1) is 0 Å². The molecule has 1 N–H and O–H groups in total. The Balaban J connectivity index is 2.24. The second kappa shape index (κ2) is 6.98. The number of piperazine rings is 1. The lowest BCUT2D eigenvalue weighted by Crippen LogP contribution is -2.55. The lowest BCUT2D eigenvalue weighted by Gasteiger charge is -2.36. The van der Waals surface area contributed by atoms with Crippen LogP contribution in [0.5, 0.6) is 0 Å². The molecule has 0 saturated carbocycles. The maximum atomic E-state index is 12.0. The number of unbranched alkanes of at least 4 members (excludes halogenated alkanes) is 2. The summed E-state index contributed by atoms with van der Waals surface area (Å²) in [7, 11) is 0. The van der Waals surface area contributed by atoms with E-state index in [1.54, 1.807) is 0 Å². The first-order valence-corrected chi connectivity index (χ1v) is 7.22. The number of carbonyl (C=O) groups is 1. The normalized spacial score (nSPS) is 17.9. The minimum atomic E-state index is -0.144. The van der Waals surface area contributed by atoms with E-state index in [2.05, 4.69) is 17.1 Å². The molecule has 0 atom stereocenters. The fourth-order valence-electron chi connectivity index (χ4n) is 2.16. The van der Waals surface area contributed by atoms with Gasteiger partial charge >= 0.3 is 6.03 Å². The zero-order valence-electron chi connectivity index (χ0n) is 12.5. The van der Waals surface area contributed by atoms with E-state index < -0.39 is 0 Å². The Labute approximate surface area is 112 Å². The van der Waals surface area contributed by atoms with E-state index in [4.69, 9.17) is 0 Å². The summed E-state index contributed by atoms with van der Waals surface area (Å²) in [6.07, 6.45) is 3.86. The summed E-state index contributed by atoms with van der Waals surface area (Å²) in [6, 6.07) is 0.0794. The molecule has 1 fully saturated rings. The molecule has 106 valence electrons. The van der Waals surface area contributed by atoms with E-state index in [0.717, 1.165) is 26.2 Å². The van der Waals surface area contributed by atoms with Gasteiger partial charge in [-0.25, -0.2) is 4.79 Å². The molecular formula is C14H29N3O. The van der Waals surface area contributed by atoms with Crippen LogP contribution in [0.3, 0.4) is 0 Å². The minimum Gasteiger partial charge on any atom is -0.333 e. The maximum absolute atomic E-state index is 12.0. The van der Waals surface area contributed by atoms with Crippen molar-refractivity contribution >= 4 is 6.03 Å². The van der Waals surface area contributed by atoms with Crippen LogP contribution in [0.2, 0.25) is 0 Å². The number of nitrogens with one attached hydrogen (secondary N) is 1. The van der Waals surface area contributed by atoms with Crippen molar-refractivity contribution < 1.29 is 4.79 Å². The monoisotopic (exact) mass is 255 g/mol. The van der Waals surface area contributed by atoms with E-state index in [1.807, 2.05) is 25.7 Å². The molecule has 1 saturated heterocycles. The first-order valence-electron chi connectivity index (χ1n) is 7.22. The molecule has 0 spiro atoms. The third-order valence-corrected chi connectivity index (χ3v) is 3.22. The van der Waals surface area contributed by atoms with Crippen molar-refractivity contribution in [1.82, 2.24) is 15.1 Å². The fraction of sp³-hybridized carbons (Fsp3) is 0.929. The zero-order chi connectivity index (χ0) is 13.6. The molecule has 0 aliphatic carbocycles. The summed E-state index contributed by atoms with van der Waals surface area (Å²) in [6.45, 7) is 13.2. The molecule has 0 aromatic rings. The Morgan fingerprint density at radius 2 is 1.72 bits per heavy atom. The molecule has 1 aliphatic heterocycles. The molecule has 0 bridgehead atoms. The van der Waals surface area contributed by atoms with Crippen molar-refractivity contribution in [2.24, 2.45) is 0 Å². The van der Waals surface area contributed by atoms with Crippen molar-refractivity contribution in [1.29, 1.82) is 0 Å². The summed E-state index contributed by atoms with van der Waals surface area (Å²) < 4.78 is 0. The van der Waals surface area contributed by atoms with E-state index in [1.165, 1.54) is 25.8 Å². The van der Waals surface area contributed by atoms with Crippen LogP contribution in [-0.4, -0.2) is 54.1 Å². The summed E-state index contributed by atoms with van der Waals surface area (Å²) >= 11 is 0. The summed E-state index contributed by atoms with van der Waals surface area (Å²) in [5.74, 6) is 0. The van der Waals surface area contributed by atoms with Gasteiger partial charge < -0.3 is 10.2 Å². The number of amides is 2. The molecule has 1 heterocycles. The second-order valence-electron chi connectivity index (χ2n) is 6.22. The predicted molar refractivity (Wildman–Crippen MR) is 75.8 cm³/mol. The standard InChI is InChI=1S/C14H29N3O/c1-5-6-7-8-16-9-11-17(12-10-16)13(18)15-14(2,3)4/h5-12H2,1-4H3,(H,15,18). The summed E-state index contributed by atoms with van der Waals surface area (Å²) in [5.41, 5.74) is -0.144. The Kier molecular flexibility index (Phi) is 5.93. The van der Waals surface area contributed by atoms with Crippen LogP contribution < -0.4 is 5.32 Å². The summed E-state index contributed by atoms with van der Waals surface area (Å²) in [5, 5.41) is 3.02. The van der Waals surface area contributed by atoms with Gasteiger partial charge in [0.2, 0.25) is 0 Å². The van der Waals surface area contributed by atoms with E-state index in [9.17, 15) is 4.79 Å². The van der Waals surface area contributed by atoms with Gasteiger partial charge in [0.15, 0.2) is 0 Å². The Morgan fingerprint density at radius 1 is 1.11 bits per heavy atom. The molecule has 4 nitrogen and oxygen atoms in total. The predicted octanol–water partition coefficient (Wildman–Crippen LogP) is 2.30. The van der Waals surface area contributed by atoms with Gasteiger partial charge in [0.05, 0.1) is 0 Å². The lowest BCUT2D eigenvalue weighted by molar-refractivity contribution is 0.133. The largest absolute Gasteiger partial charge is 0.333 e. The first-order chi connectivity index (χ1) is 8.42. The smallest absolute Gasteiger partial charge is 0.317 e. The van der Waals surface area contributed by atoms with Crippen LogP contribution >= 0.6 is 0 Å². The average Bonchev–Trinajstić information content (AvgIpc) is 2.28. The minimum absolute atomic E-state index is 0.0794. The molecular weight excluding hydrogens is 226 g/mol. The highest BCUT2D eigenvalue weighted by atomic mass is 16.2. The number of hydrogen-bond donors (Lipinski definition) is 1. The van der Waals surface area contributed by atoms with Crippen molar-refractivity contribution in [3.63, 3.8) is 0 Å². The number of nitrogens with zero attached hydrogens (tertiary/aromatic N) is 2. The van der Waals surface area contributed by atoms with Crippen LogP contribution in [0.1, 0.15) is 47.0 Å². The Bertz CT molecular complexity index is 252. The van der Waals surface area contributed by atoms with Gasteiger partial charge in [-0.05, 0) is 33.7 Å². The number of urea groups is 1. The van der Waals surface area contributed by atoms with E-state index in [0.29, 0.717) is 0 Å². The molecule has 0 aromatic carbocycles. The molecule has 1 rings (SSSR count). The average molecular weight is 255 g/mol. The van der Waals surface area contributed by atoms with Crippen molar-refractivity contribution in [2.45, 2.75) is 52.5 Å². The van der Waals surface area contributed by atoms with Gasteiger partial charge in [0.25, 0.3) is 0 Å². The van der Waals surface area contributed by atoms with E-state index in [-0.39, 0.29) is 11.6 Å². The van der Waals surface area contributed by atoms with Gasteiger partial charge in [-0.15, -0.1) is 0 Å². The van der Waals surface area contributed by atoms with Crippen molar-refractivity contribution in [3.05, 3.63) is 0 Å². The molecule has 2 amide bonds. The van der Waals surface area contributed by atoms with Gasteiger partial charge in [-0.1, -0.05) is 19.8 Å². The van der Waals surface area contributed by atoms with Gasteiger partial charge in [-0.3, -0.25) is 4.90 Å². The van der Waals surface area contributed by atoms with Crippen LogP contribution in [0.15, 0.2) is 0 Å². The van der Waals surface area contributed by atoms with Gasteiger partial charge in [0, 0.05) is 31.7 Å². The Morgan fingerprint density at radius 3 is 2.22 bits per heavy atom. The molecule has 18 heavy (non-hydrogen) atoms. The molecule has 0 aromatic heterocycles. The first kappa shape index (κ1) is 15.3.